The molecule has 0 spiro atoms. The number of fused-ring (bicyclic) bond motifs is 1. The van der Waals surface area contributed by atoms with Crippen LogP contribution in [0.4, 0.5) is 4.39 Å². The van der Waals surface area contributed by atoms with Crippen molar-refractivity contribution >= 4 is 22.7 Å². The van der Waals surface area contributed by atoms with E-state index in [0.717, 1.165) is 22.4 Å². The Bertz CT molecular complexity index is 516. The first-order chi connectivity index (χ1) is 8.15. The summed E-state index contributed by atoms with van der Waals surface area (Å²) < 4.78 is 16.0. The van der Waals surface area contributed by atoms with Crippen LogP contribution in [0.1, 0.15) is 32.5 Å². The summed E-state index contributed by atoms with van der Waals surface area (Å²) in [5.74, 6) is 1.91. The van der Waals surface area contributed by atoms with E-state index in [1.165, 1.54) is 11.8 Å². The average molecular weight is 251 g/mol. The molecular formula is C14H18FNS. The van der Waals surface area contributed by atoms with E-state index in [0.29, 0.717) is 6.04 Å². The van der Waals surface area contributed by atoms with Crippen LogP contribution in [0.15, 0.2) is 24.3 Å². The van der Waals surface area contributed by atoms with Crippen molar-refractivity contribution in [1.29, 1.82) is 0 Å². The van der Waals surface area contributed by atoms with E-state index >= 15 is 0 Å². The number of aromatic nitrogens is 1. The first kappa shape index (κ1) is 12.5. The second kappa shape index (κ2) is 5.13. The van der Waals surface area contributed by atoms with Crippen molar-refractivity contribution in [2.75, 3.05) is 5.75 Å². The minimum atomic E-state index is -0.121. The lowest BCUT2D eigenvalue weighted by Gasteiger charge is -2.14. The van der Waals surface area contributed by atoms with E-state index in [1.54, 1.807) is 6.07 Å². The van der Waals surface area contributed by atoms with Gasteiger partial charge in [0.25, 0.3) is 0 Å². The van der Waals surface area contributed by atoms with Crippen LogP contribution >= 0.6 is 11.8 Å². The average Bonchev–Trinajstić information content (AvgIpc) is 2.66. The van der Waals surface area contributed by atoms with Crippen LogP contribution in [0, 0.1) is 5.82 Å². The summed E-state index contributed by atoms with van der Waals surface area (Å²) in [6.45, 7) is 6.43. The number of benzene rings is 1. The summed E-state index contributed by atoms with van der Waals surface area (Å²) >= 11 is 1.87. The van der Waals surface area contributed by atoms with Crippen LogP contribution in [0.5, 0.6) is 0 Å². The van der Waals surface area contributed by atoms with Gasteiger partial charge >= 0.3 is 0 Å². The molecule has 1 aromatic carbocycles. The van der Waals surface area contributed by atoms with Gasteiger partial charge in [0, 0.05) is 22.9 Å². The van der Waals surface area contributed by atoms with E-state index in [2.05, 4.69) is 25.3 Å². The van der Waals surface area contributed by atoms with Crippen molar-refractivity contribution < 1.29 is 4.39 Å². The topological polar surface area (TPSA) is 4.93 Å². The monoisotopic (exact) mass is 251 g/mol. The quantitative estimate of drug-likeness (QED) is 0.768. The zero-order valence-corrected chi connectivity index (χ0v) is 11.4. The van der Waals surface area contributed by atoms with Crippen molar-refractivity contribution in [3.63, 3.8) is 0 Å². The van der Waals surface area contributed by atoms with Crippen LogP contribution in [-0.2, 0) is 5.75 Å². The Kier molecular flexibility index (Phi) is 3.77. The molecule has 3 heteroatoms. The molecule has 0 aliphatic heterocycles. The van der Waals surface area contributed by atoms with Crippen molar-refractivity contribution in [2.45, 2.75) is 32.6 Å². The van der Waals surface area contributed by atoms with Gasteiger partial charge in [-0.3, -0.25) is 0 Å². The second-order valence-electron chi connectivity index (χ2n) is 4.41. The summed E-state index contributed by atoms with van der Waals surface area (Å²) in [5.41, 5.74) is 2.22. The molecule has 0 saturated carbocycles. The van der Waals surface area contributed by atoms with Crippen LogP contribution in [0.3, 0.4) is 0 Å². The molecule has 0 amide bonds. The fraction of sp³-hybridized carbons (Fsp3) is 0.429. The third kappa shape index (κ3) is 2.34. The van der Waals surface area contributed by atoms with Gasteiger partial charge in [-0.1, -0.05) is 13.0 Å². The number of hydrogen-bond acceptors (Lipinski definition) is 1. The van der Waals surface area contributed by atoms with Crippen molar-refractivity contribution in [3.05, 3.63) is 35.8 Å². The fourth-order valence-corrected chi connectivity index (χ4v) is 2.83. The van der Waals surface area contributed by atoms with Crippen molar-refractivity contribution in [2.24, 2.45) is 0 Å². The van der Waals surface area contributed by atoms with Gasteiger partial charge in [0.05, 0.1) is 5.52 Å². The second-order valence-corrected chi connectivity index (χ2v) is 5.68. The Morgan fingerprint density at radius 2 is 2.12 bits per heavy atom. The standard InChI is InChI=1S/C14H18FNS/c1-4-17-9-11-8-12-13(15)6-5-7-14(12)16(11)10(2)3/h5-8,10H,4,9H2,1-3H3. The van der Waals surface area contributed by atoms with Gasteiger partial charge in [0.2, 0.25) is 0 Å². The van der Waals surface area contributed by atoms with Gasteiger partial charge in [0.15, 0.2) is 0 Å². The molecule has 0 saturated heterocycles. The summed E-state index contributed by atoms with van der Waals surface area (Å²) in [7, 11) is 0. The predicted molar refractivity (Wildman–Crippen MR) is 74.1 cm³/mol. The number of hydrogen-bond donors (Lipinski definition) is 0. The van der Waals surface area contributed by atoms with E-state index < -0.39 is 0 Å². The highest BCUT2D eigenvalue weighted by molar-refractivity contribution is 7.98. The Morgan fingerprint density at radius 1 is 1.35 bits per heavy atom. The van der Waals surface area contributed by atoms with Gasteiger partial charge in [-0.25, -0.2) is 4.39 Å². The Morgan fingerprint density at radius 3 is 2.76 bits per heavy atom. The predicted octanol–water partition coefficient (Wildman–Crippen LogP) is 4.61. The summed E-state index contributed by atoms with van der Waals surface area (Å²) in [4.78, 5) is 0. The van der Waals surface area contributed by atoms with E-state index in [4.69, 9.17) is 0 Å². The zero-order valence-electron chi connectivity index (χ0n) is 10.5. The molecule has 2 aromatic rings. The van der Waals surface area contributed by atoms with Crippen LogP contribution in [0.2, 0.25) is 0 Å². The molecule has 1 heterocycles. The van der Waals surface area contributed by atoms with E-state index in [9.17, 15) is 4.39 Å². The highest BCUT2D eigenvalue weighted by Crippen LogP contribution is 2.28. The summed E-state index contributed by atoms with van der Waals surface area (Å²) in [5, 5.41) is 0.743. The smallest absolute Gasteiger partial charge is 0.132 e. The molecule has 1 nitrogen and oxygen atoms in total. The molecule has 1 aromatic heterocycles. The molecule has 0 fully saturated rings. The first-order valence-electron chi connectivity index (χ1n) is 6.01. The van der Waals surface area contributed by atoms with Gasteiger partial charge in [0.1, 0.15) is 5.82 Å². The lowest BCUT2D eigenvalue weighted by atomic mass is 10.2. The minimum Gasteiger partial charge on any atom is -0.341 e. The Hall–Kier alpha value is -0.960. The fourth-order valence-electron chi connectivity index (χ4n) is 2.20. The third-order valence-electron chi connectivity index (χ3n) is 2.88. The van der Waals surface area contributed by atoms with Gasteiger partial charge in [-0.2, -0.15) is 11.8 Å². The molecule has 0 bridgehead atoms. The number of rotatable bonds is 4. The maximum absolute atomic E-state index is 13.7. The van der Waals surface area contributed by atoms with Gasteiger partial charge < -0.3 is 4.57 Å². The summed E-state index contributed by atoms with van der Waals surface area (Å²) in [6.07, 6.45) is 0. The summed E-state index contributed by atoms with van der Waals surface area (Å²) in [6, 6.07) is 7.67. The van der Waals surface area contributed by atoms with Crippen LogP contribution in [0.25, 0.3) is 10.9 Å². The molecule has 17 heavy (non-hydrogen) atoms. The maximum Gasteiger partial charge on any atom is 0.132 e. The Labute approximate surface area is 106 Å². The van der Waals surface area contributed by atoms with Crippen LogP contribution < -0.4 is 0 Å². The highest BCUT2D eigenvalue weighted by atomic mass is 32.2. The lowest BCUT2D eigenvalue weighted by molar-refractivity contribution is 0.604. The SMILES string of the molecule is CCSCc1cc2c(F)cccc2n1C(C)C. The first-order valence-corrected chi connectivity index (χ1v) is 7.16. The molecule has 92 valence electrons. The molecule has 0 atom stereocenters. The molecule has 0 aliphatic rings. The molecule has 0 radical (unpaired) electrons. The van der Waals surface area contributed by atoms with Crippen molar-refractivity contribution in [1.82, 2.24) is 4.57 Å². The molecular weight excluding hydrogens is 233 g/mol. The maximum atomic E-state index is 13.7. The molecule has 2 rings (SSSR count). The number of nitrogens with zero attached hydrogens (tertiary/aromatic N) is 1. The molecule has 0 aliphatic carbocycles. The van der Waals surface area contributed by atoms with E-state index in [1.807, 2.05) is 23.9 Å². The normalized spacial score (nSPS) is 11.6. The number of halogens is 1. The molecule has 0 N–H and O–H groups in total. The largest absolute Gasteiger partial charge is 0.341 e. The van der Waals surface area contributed by atoms with E-state index in [-0.39, 0.29) is 5.82 Å². The highest BCUT2D eigenvalue weighted by Gasteiger charge is 2.13. The van der Waals surface area contributed by atoms with Gasteiger partial charge in [-0.15, -0.1) is 0 Å². The molecule has 0 unspecified atom stereocenters. The third-order valence-corrected chi connectivity index (χ3v) is 3.79. The zero-order chi connectivity index (χ0) is 12.4. The minimum absolute atomic E-state index is 0.121. The van der Waals surface area contributed by atoms with Crippen molar-refractivity contribution in [3.8, 4) is 0 Å². The Balaban J connectivity index is 2.58. The van der Waals surface area contributed by atoms with Crippen LogP contribution in [-0.4, -0.2) is 10.3 Å². The van der Waals surface area contributed by atoms with Gasteiger partial charge in [-0.05, 0) is 37.8 Å². The number of thioether (sulfide) groups is 1. The lowest BCUT2D eigenvalue weighted by Crippen LogP contribution is -2.04.